The van der Waals surface area contributed by atoms with Gasteiger partial charge in [-0.2, -0.15) is 0 Å². The highest BCUT2D eigenvalue weighted by Gasteiger charge is 2.22. The van der Waals surface area contributed by atoms with Gasteiger partial charge in [-0.1, -0.05) is 41.9 Å². The van der Waals surface area contributed by atoms with E-state index in [1.807, 2.05) is 48.2 Å². The standard InChI is InChI=1S/C21H25ClFN3O/c1-16(17-6-8-19(22)9-7-17)24-14-21(27)26-12-10-25(11-13-26)15-18-4-2-3-5-20(18)23/h2-9,16,24H,10-15H2,1H3/t16-/m0/s1. The van der Waals surface area contributed by atoms with Crippen LogP contribution in [0.25, 0.3) is 0 Å². The second-order valence-corrected chi connectivity index (χ2v) is 7.34. The van der Waals surface area contributed by atoms with Crippen LogP contribution in [0.2, 0.25) is 5.02 Å². The van der Waals surface area contributed by atoms with E-state index < -0.39 is 0 Å². The molecule has 3 rings (SSSR count). The van der Waals surface area contributed by atoms with Gasteiger partial charge >= 0.3 is 0 Å². The molecule has 0 saturated carbocycles. The van der Waals surface area contributed by atoms with Gasteiger partial charge in [0.1, 0.15) is 5.82 Å². The molecule has 1 amide bonds. The zero-order chi connectivity index (χ0) is 19.2. The minimum absolute atomic E-state index is 0.0774. The third-order valence-electron chi connectivity index (χ3n) is 5.01. The molecule has 0 aromatic heterocycles. The van der Waals surface area contributed by atoms with Gasteiger partial charge in [0.05, 0.1) is 6.54 Å². The topological polar surface area (TPSA) is 35.6 Å². The van der Waals surface area contributed by atoms with Gasteiger partial charge in [-0.05, 0) is 30.7 Å². The summed E-state index contributed by atoms with van der Waals surface area (Å²) >= 11 is 5.91. The number of hydrogen-bond acceptors (Lipinski definition) is 3. The molecule has 0 spiro atoms. The van der Waals surface area contributed by atoms with Crippen LogP contribution in [0, 0.1) is 5.82 Å². The summed E-state index contributed by atoms with van der Waals surface area (Å²) in [5.41, 5.74) is 1.80. The lowest BCUT2D eigenvalue weighted by atomic mass is 10.1. The van der Waals surface area contributed by atoms with E-state index in [2.05, 4.69) is 10.2 Å². The SMILES string of the molecule is C[C@H](NCC(=O)N1CCN(Cc2ccccc2F)CC1)c1ccc(Cl)cc1. The molecule has 2 aromatic carbocycles. The van der Waals surface area contributed by atoms with Crippen LogP contribution in [0.15, 0.2) is 48.5 Å². The molecule has 0 bridgehead atoms. The number of piperazine rings is 1. The highest BCUT2D eigenvalue weighted by Crippen LogP contribution is 2.16. The summed E-state index contributed by atoms with van der Waals surface area (Å²) in [5, 5.41) is 3.98. The van der Waals surface area contributed by atoms with Gasteiger partial charge in [-0.3, -0.25) is 9.69 Å². The number of nitrogens with one attached hydrogen (secondary N) is 1. The molecular weight excluding hydrogens is 365 g/mol. The maximum atomic E-state index is 13.8. The molecule has 1 aliphatic rings. The lowest BCUT2D eigenvalue weighted by Gasteiger charge is -2.35. The zero-order valence-corrected chi connectivity index (χ0v) is 16.3. The van der Waals surface area contributed by atoms with Gasteiger partial charge < -0.3 is 10.2 Å². The van der Waals surface area contributed by atoms with E-state index in [0.29, 0.717) is 36.8 Å². The number of rotatable bonds is 6. The van der Waals surface area contributed by atoms with Gasteiger partial charge in [0.25, 0.3) is 0 Å². The molecule has 144 valence electrons. The van der Waals surface area contributed by atoms with Crippen molar-refractivity contribution in [3.8, 4) is 0 Å². The molecule has 2 aromatic rings. The smallest absolute Gasteiger partial charge is 0.236 e. The molecule has 1 saturated heterocycles. The van der Waals surface area contributed by atoms with Crippen LogP contribution in [0.3, 0.4) is 0 Å². The Morgan fingerprint density at radius 2 is 1.78 bits per heavy atom. The highest BCUT2D eigenvalue weighted by molar-refractivity contribution is 6.30. The molecule has 0 radical (unpaired) electrons. The quantitative estimate of drug-likeness (QED) is 0.821. The van der Waals surface area contributed by atoms with Crippen LogP contribution in [0.5, 0.6) is 0 Å². The van der Waals surface area contributed by atoms with Gasteiger partial charge in [0.2, 0.25) is 5.91 Å². The van der Waals surface area contributed by atoms with Crippen molar-refractivity contribution in [3.63, 3.8) is 0 Å². The second kappa shape index (κ2) is 9.31. The largest absolute Gasteiger partial charge is 0.339 e. The van der Waals surface area contributed by atoms with E-state index in [1.54, 1.807) is 6.07 Å². The molecule has 6 heteroatoms. The number of hydrogen-bond donors (Lipinski definition) is 1. The summed E-state index contributed by atoms with van der Waals surface area (Å²) in [5.74, 6) is -0.0715. The summed E-state index contributed by atoms with van der Waals surface area (Å²) in [6, 6.07) is 14.6. The van der Waals surface area contributed by atoms with Crippen molar-refractivity contribution in [1.82, 2.24) is 15.1 Å². The average molecular weight is 390 g/mol. The number of carbonyl (C=O) groups is 1. The van der Waals surface area contributed by atoms with Crippen LogP contribution < -0.4 is 5.32 Å². The first-order chi connectivity index (χ1) is 13.0. The molecule has 0 unspecified atom stereocenters. The Balaban J connectivity index is 1.43. The van der Waals surface area contributed by atoms with Crippen LogP contribution in [-0.4, -0.2) is 48.4 Å². The third kappa shape index (κ3) is 5.51. The van der Waals surface area contributed by atoms with Gasteiger partial charge in [-0.15, -0.1) is 0 Å². The predicted molar refractivity (Wildman–Crippen MR) is 106 cm³/mol. The van der Waals surface area contributed by atoms with Crippen LogP contribution in [0.1, 0.15) is 24.1 Å². The first-order valence-electron chi connectivity index (χ1n) is 9.25. The lowest BCUT2D eigenvalue weighted by molar-refractivity contribution is -0.132. The summed E-state index contributed by atoms with van der Waals surface area (Å²) < 4.78 is 13.8. The summed E-state index contributed by atoms with van der Waals surface area (Å²) in [6.07, 6.45) is 0. The van der Waals surface area contributed by atoms with E-state index in [4.69, 9.17) is 11.6 Å². The lowest BCUT2D eigenvalue weighted by Crippen LogP contribution is -2.50. The van der Waals surface area contributed by atoms with E-state index in [9.17, 15) is 9.18 Å². The van der Waals surface area contributed by atoms with E-state index in [1.165, 1.54) is 6.07 Å². The van der Waals surface area contributed by atoms with Gasteiger partial charge in [0, 0.05) is 49.4 Å². The van der Waals surface area contributed by atoms with Crippen LogP contribution in [-0.2, 0) is 11.3 Å². The fourth-order valence-electron chi connectivity index (χ4n) is 3.24. The molecule has 1 heterocycles. The molecule has 1 atom stereocenters. The summed E-state index contributed by atoms with van der Waals surface area (Å²) in [6.45, 7) is 5.77. The number of nitrogens with zero attached hydrogens (tertiary/aromatic N) is 2. The predicted octanol–water partition coefficient (Wildman–Crippen LogP) is 3.47. The van der Waals surface area contributed by atoms with E-state index in [0.717, 1.165) is 18.7 Å². The Labute approximate surface area is 164 Å². The van der Waals surface area contributed by atoms with Crippen molar-refractivity contribution < 1.29 is 9.18 Å². The van der Waals surface area contributed by atoms with Crippen molar-refractivity contribution in [1.29, 1.82) is 0 Å². The van der Waals surface area contributed by atoms with Gasteiger partial charge in [-0.25, -0.2) is 4.39 Å². The fourth-order valence-corrected chi connectivity index (χ4v) is 3.37. The summed E-state index contributed by atoms with van der Waals surface area (Å²) in [7, 11) is 0. The Hall–Kier alpha value is -1.95. The second-order valence-electron chi connectivity index (χ2n) is 6.90. The van der Waals surface area contributed by atoms with Crippen molar-refractivity contribution in [3.05, 3.63) is 70.5 Å². The van der Waals surface area contributed by atoms with Crippen LogP contribution in [0.4, 0.5) is 4.39 Å². The Kier molecular flexibility index (Phi) is 6.83. The van der Waals surface area contributed by atoms with Crippen LogP contribution >= 0.6 is 11.6 Å². The Bertz CT molecular complexity index is 760. The fraction of sp³-hybridized carbons (Fsp3) is 0.381. The molecular formula is C21H25ClFN3O. The minimum atomic E-state index is -0.170. The molecule has 1 N–H and O–H groups in total. The molecule has 27 heavy (non-hydrogen) atoms. The monoisotopic (exact) mass is 389 g/mol. The van der Waals surface area contributed by atoms with E-state index in [-0.39, 0.29) is 17.8 Å². The van der Waals surface area contributed by atoms with Gasteiger partial charge in [0.15, 0.2) is 0 Å². The van der Waals surface area contributed by atoms with Crippen molar-refractivity contribution in [2.24, 2.45) is 0 Å². The minimum Gasteiger partial charge on any atom is -0.339 e. The number of amides is 1. The molecule has 1 fully saturated rings. The Morgan fingerprint density at radius 1 is 1.11 bits per heavy atom. The maximum Gasteiger partial charge on any atom is 0.236 e. The average Bonchev–Trinajstić information content (AvgIpc) is 2.69. The first kappa shape index (κ1) is 19.8. The maximum absolute atomic E-state index is 13.8. The number of carbonyl (C=O) groups excluding carboxylic acids is 1. The van der Waals surface area contributed by atoms with Crippen molar-refractivity contribution in [2.75, 3.05) is 32.7 Å². The zero-order valence-electron chi connectivity index (χ0n) is 15.5. The molecule has 0 aliphatic carbocycles. The normalized spacial score (nSPS) is 16.3. The number of benzene rings is 2. The van der Waals surface area contributed by atoms with E-state index >= 15 is 0 Å². The first-order valence-corrected chi connectivity index (χ1v) is 9.63. The van der Waals surface area contributed by atoms with Crippen molar-refractivity contribution in [2.45, 2.75) is 19.5 Å². The van der Waals surface area contributed by atoms with Crippen molar-refractivity contribution >= 4 is 17.5 Å². The Morgan fingerprint density at radius 3 is 2.44 bits per heavy atom. The highest BCUT2D eigenvalue weighted by atomic mass is 35.5. The summed E-state index contributed by atoms with van der Waals surface area (Å²) in [4.78, 5) is 16.5. The number of halogens is 2. The molecule has 4 nitrogen and oxygen atoms in total. The molecule has 1 aliphatic heterocycles. The third-order valence-corrected chi connectivity index (χ3v) is 5.26.